The number of sulfonamides is 1. The van der Waals surface area contributed by atoms with E-state index in [-0.39, 0.29) is 28.6 Å². The predicted octanol–water partition coefficient (Wildman–Crippen LogP) is 1.44. The van der Waals surface area contributed by atoms with E-state index in [0.29, 0.717) is 18.8 Å². The molecule has 0 amide bonds. The Bertz CT molecular complexity index is 981. The molecule has 8 nitrogen and oxygen atoms in total. The molecule has 148 valence electrons. The molecule has 2 aromatic rings. The van der Waals surface area contributed by atoms with Crippen LogP contribution in [0.2, 0.25) is 0 Å². The highest BCUT2D eigenvalue weighted by atomic mass is 32.2. The van der Waals surface area contributed by atoms with Crippen molar-refractivity contribution in [1.82, 2.24) is 23.6 Å². The zero-order valence-corrected chi connectivity index (χ0v) is 17.3. The van der Waals surface area contributed by atoms with Gasteiger partial charge in [0.25, 0.3) is 15.6 Å². The molecular weight excluding hydrogens is 366 g/mol. The van der Waals surface area contributed by atoms with E-state index in [0.717, 1.165) is 12.1 Å². The molecule has 0 bridgehead atoms. The second kappa shape index (κ2) is 6.87. The number of imidazole rings is 1. The van der Waals surface area contributed by atoms with E-state index in [9.17, 15) is 13.2 Å². The van der Waals surface area contributed by atoms with Crippen molar-refractivity contribution in [2.75, 3.05) is 6.54 Å². The minimum Gasteiger partial charge on any atom is -0.337 e. The van der Waals surface area contributed by atoms with Gasteiger partial charge in [-0.2, -0.15) is 9.40 Å². The van der Waals surface area contributed by atoms with Crippen molar-refractivity contribution in [2.24, 2.45) is 7.05 Å². The van der Waals surface area contributed by atoms with Crippen LogP contribution in [0.15, 0.2) is 28.2 Å². The predicted molar refractivity (Wildman–Crippen MR) is 102 cm³/mol. The fraction of sp³-hybridized carbons (Fsp3) is 0.611. The van der Waals surface area contributed by atoms with Gasteiger partial charge in [-0.25, -0.2) is 18.1 Å². The molecule has 0 spiro atoms. The average molecular weight is 394 g/mol. The summed E-state index contributed by atoms with van der Waals surface area (Å²) in [7, 11) is -1.93. The molecule has 1 saturated heterocycles. The van der Waals surface area contributed by atoms with Crippen LogP contribution in [0.25, 0.3) is 0 Å². The SMILES string of the molecule is Cc1nc(S(=O)(=O)N2CCCC2Cn2nc(C(C)(C)C)ccc2=O)cn1C. The second-order valence-electron chi connectivity index (χ2n) is 8.14. The summed E-state index contributed by atoms with van der Waals surface area (Å²) in [5.41, 5.74) is 0.387. The number of nitrogens with zero attached hydrogens (tertiary/aromatic N) is 5. The van der Waals surface area contributed by atoms with Crippen molar-refractivity contribution in [3.63, 3.8) is 0 Å². The van der Waals surface area contributed by atoms with Crippen molar-refractivity contribution >= 4 is 10.0 Å². The standard InChI is InChI=1S/C18H27N5O3S/c1-13-19-16(12-21(13)5)27(25,26)23-10-6-7-14(23)11-22-17(24)9-8-15(20-22)18(2,3)4/h8-9,12,14H,6-7,10-11H2,1-5H3. The van der Waals surface area contributed by atoms with Crippen LogP contribution in [0, 0.1) is 6.92 Å². The fourth-order valence-electron chi connectivity index (χ4n) is 3.26. The van der Waals surface area contributed by atoms with E-state index >= 15 is 0 Å². The summed E-state index contributed by atoms with van der Waals surface area (Å²) in [4.78, 5) is 16.5. The van der Waals surface area contributed by atoms with Crippen molar-refractivity contribution in [3.8, 4) is 0 Å². The summed E-state index contributed by atoms with van der Waals surface area (Å²) in [6.07, 6.45) is 2.98. The molecule has 27 heavy (non-hydrogen) atoms. The third kappa shape index (κ3) is 3.84. The summed E-state index contributed by atoms with van der Waals surface area (Å²) in [5, 5.41) is 4.53. The first-order valence-corrected chi connectivity index (χ1v) is 10.5. The second-order valence-corrected chi connectivity index (χ2v) is 9.98. The first-order valence-electron chi connectivity index (χ1n) is 9.10. The Morgan fingerprint density at radius 2 is 1.96 bits per heavy atom. The molecule has 1 fully saturated rings. The average Bonchev–Trinajstić information content (AvgIpc) is 3.16. The summed E-state index contributed by atoms with van der Waals surface area (Å²) < 4.78 is 30.7. The first kappa shape index (κ1) is 19.8. The summed E-state index contributed by atoms with van der Waals surface area (Å²) >= 11 is 0. The monoisotopic (exact) mass is 393 g/mol. The van der Waals surface area contributed by atoms with Crippen LogP contribution >= 0.6 is 0 Å². The van der Waals surface area contributed by atoms with E-state index in [1.54, 1.807) is 24.6 Å². The number of aryl methyl sites for hydroxylation is 2. The van der Waals surface area contributed by atoms with Gasteiger partial charge in [0.2, 0.25) is 0 Å². The van der Waals surface area contributed by atoms with Gasteiger partial charge in [0.05, 0.1) is 12.2 Å². The normalized spacial score (nSPS) is 18.9. The smallest absolute Gasteiger partial charge is 0.266 e. The van der Waals surface area contributed by atoms with Gasteiger partial charge in [0.15, 0.2) is 5.03 Å². The van der Waals surface area contributed by atoms with E-state index in [2.05, 4.69) is 10.1 Å². The molecule has 3 heterocycles. The number of hydrogen-bond donors (Lipinski definition) is 0. The summed E-state index contributed by atoms with van der Waals surface area (Å²) in [6, 6.07) is 2.93. The highest BCUT2D eigenvalue weighted by Gasteiger charge is 2.37. The molecule has 2 aromatic heterocycles. The van der Waals surface area contributed by atoms with E-state index in [1.165, 1.54) is 21.3 Å². The number of rotatable bonds is 4. The lowest BCUT2D eigenvalue weighted by atomic mass is 9.92. The van der Waals surface area contributed by atoms with E-state index in [4.69, 9.17) is 0 Å². The topological polar surface area (TPSA) is 90.1 Å². The number of aromatic nitrogens is 4. The van der Waals surface area contributed by atoms with E-state index < -0.39 is 10.0 Å². The Hall–Kier alpha value is -2.00. The maximum atomic E-state index is 13.1. The lowest BCUT2D eigenvalue weighted by Gasteiger charge is -2.24. The van der Waals surface area contributed by atoms with Crippen LogP contribution in [0.1, 0.15) is 45.1 Å². The van der Waals surface area contributed by atoms with Crippen molar-refractivity contribution < 1.29 is 8.42 Å². The van der Waals surface area contributed by atoms with Crippen LogP contribution in [0.4, 0.5) is 0 Å². The lowest BCUT2D eigenvalue weighted by molar-refractivity contribution is 0.330. The summed E-state index contributed by atoms with van der Waals surface area (Å²) in [6.45, 7) is 8.52. The van der Waals surface area contributed by atoms with Gasteiger partial charge in [-0.3, -0.25) is 4.79 Å². The summed E-state index contributed by atoms with van der Waals surface area (Å²) in [5.74, 6) is 0.639. The highest BCUT2D eigenvalue weighted by molar-refractivity contribution is 7.89. The maximum Gasteiger partial charge on any atom is 0.266 e. The van der Waals surface area contributed by atoms with E-state index in [1.807, 2.05) is 20.8 Å². The van der Waals surface area contributed by atoms with Gasteiger partial charge in [0.1, 0.15) is 5.82 Å². The molecule has 0 radical (unpaired) electrons. The van der Waals surface area contributed by atoms with Crippen LogP contribution in [0.3, 0.4) is 0 Å². The minimum atomic E-state index is -3.70. The maximum absolute atomic E-state index is 13.1. The van der Waals surface area contributed by atoms with Gasteiger partial charge in [0, 0.05) is 37.3 Å². The van der Waals surface area contributed by atoms with Crippen molar-refractivity contribution in [1.29, 1.82) is 0 Å². The molecule has 0 N–H and O–H groups in total. The molecule has 3 rings (SSSR count). The lowest BCUT2D eigenvalue weighted by Crippen LogP contribution is -2.41. The molecule has 9 heteroatoms. The molecular formula is C18H27N5O3S. The highest BCUT2D eigenvalue weighted by Crippen LogP contribution is 2.26. The Labute approximate surface area is 159 Å². The minimum absolute atomic E-state index is 0.0538. The molecule has 0 saturated carbocycles. The third-order valence-corrected chi connectivity index (χ3v) is 6.82. The van der Waals surface area contributed by atoms with Crippen LogP contribution < -0.4 is 5.56 Å². The van der Waals surface area contributed by atoms with Crippen LogP contribution in [0.5, 0.6) is 0 Å². The zero-order chi connectivity index (χ0) is 20.0. The molecule has 0 aromatic carbocycles. The van der Waals surface area contributed by atoms with Gasteiger partial charge < -0.3 is 4.57 Å². The van der Waals surface area contributed by atoms with Crippen LogP contribution in [-0.4, -0.2) is 44.6 Å². The van der Waals surface area contributed by atoms with Gasteiger partial charge in [-0.1, -0.05) is 20.8 Å². The fourth-order valence-corrected chi connectivity index (χ4v) is 4.97. The Balaban J connectivity index is 1.91. The van der Waals surface area contributed by atoms with Crippen molar-refractivity contribution in [2.45, 2.75) is 63.6 Å². The third-order valence-electron chi connectivity index (χ3n) is 5.00. The molecule has 1 unspecified atom stereocenters. The van der Waals surface area contributed by atoms with Crippen LogP contribution in [-0.2, 0) is 29.0 Å². The van der Waals surface area contributed by atoms with Gasteiger partial charge in [-0.15, -0.1) is 0 Å². The zero-order valence-electron chi connectivity index (χ0n) is 16.5. The quantitative estimate of drug-likeness (QED) is 0.784. The Kier molecular flexibility index (Phi) is 5.02. The molecule has 1 aliphatic rings. The van der Waals surface area contributed by atoms with Crippen molar-refractivity contribution in [3.05, 3.63) is 40.2 Å². The molecule has 0 aliphatic carbocycles. The Morgan fingerprint density at radius 1 is 1.26 bits per heavy atom. The van der Waals surface area contributed by atoms with Gasteiger partial charge in [-0.05, 0) is 25.8 Å². The number of hydrogen-bond acceptors (Lipinski definition) is 5. The molecule has 1 aliphatic heterocycles. The van der Waals surface area contributed by atoms with Gasteiger partial charge >= 0.3 is 0 Å². The Morgan fingerprint density at radius 3 is 2.56 bits per heavy atom. The first-order chi connectivity index (χ1) is 12.5. The molecule has 1 atom stereocenters. The largest absolute Gasteiger partial charge is 0.337 e.